The number of hydrogen-bond donors (Lipinski definition) is 1. The third-order valence-corrected chi connectivity index (χ3v) is 5.95. The van der Waals surface area contributed by atoms with Gasteiger partial charge in [-0.1, -0.05) is 18.2 Å². The van der Waals surface area contributed by atoms with Crippen LogP contribution in [0.1, 0.15) is 15.2 Å². The van der Waals surface area contributed by atoms with Crippen LogP contribution in [-0.2, 0) is 6.42 Å². The van der Waals surface area contributed by atoms with Gasteiger partial charge in [0.05, 0.1) is 21.1 Å². The minimum atomic E-state index is -0.317. The summed E-state index contributed by atoms with van der Waals surface area (Å²) < 4.78 is 13.0. The van der Waals surface area contributed by atoms with Crippen molar-refractivity contribution in [1.82, 2.24) is 4.98 Å². The lowest BCUT2D eigenvalue weighted by Gasteiger charge is -2.00. The predicted octanol–water partition coefficient (Wildman–Crippen LogP) is 5.17. The molecule has 0 unspecified atom stereocenters. The van der Waals surface area contributed by atoms with Crippen molar-refractivity contribution in [2.24, 2.45) is 0 Å². The summed E-state index contributed by atoms with van der Waals surface area (Å²) in [7, 11) is 0. The number of aromatic nitrogens is 1. The first kappa shape index (κ1) is 15.9. The van der Waals surface area contributed by atoms with E-state index in [1.165, 1.54) is 23.5 Å². The average Bonchev–Trinajstić information content (AvgIpc) is 3.25. The third kappa shape index (κ3) is 3.06. The number of fused-ring (bicyclic) bond motifs is 1. The molecule has 6 heteroatoms. The molecule has 3 aromatic heterocycles. The Labute approximate surface area is 151 Å². The number of nitrogen functional groups attached to an aromatic ring is 1. The van der Waals surface area contributed by atoms with Gasteiger partial charge in [0.1, 0.15) is 10.6 Å². The first-order chi connectivity index (χ1) is 12.1. The quantitative estimate of drug-likeness (QED) is 0.506. The van der Waals surface area contributed by atoms with Crippen LogP contribution in [0.5, 0.6) is 0 Å². The monoisotopic (exact) mass is 368 g/mol. The Balaban J connectivity index is 1.68. The highest BCUT2D eigenvalue weighted by Crippen LogP contribution is 2.35. The molecular weight excluding hydrogens is 355 g/mol. The van der Waals surface area contributed by atoms with Crippen LogP contribution < -0.4 is 5.73 Å². The highest BCUT2D eigenvalue weighted by atomic mass is 32.1. The summed E-state index contributed by atoms with van der Waals surface area (Å²) in [6.07, 6.45) is 0.190. The molecule has 25 heavy (non-hydrogen) atoms. The van der Waals surface area contributed by atoms with E-state index in [-0.39, 0.29) is 18.0 Å². The number of halogens is 1. The van der Waals surface area contributed by atoms with Gasteiger partial charge in [0, 0.05) is 11.8 Å². The van der Waals surface area contributed by atoms with Crippen LogP contribution in [0, 0.1) is 5.82 Å². The Morgan fingerprint density at radius 2 is 1.92 bits per heavy atom. The molecule has 0 aliphatic carbocycles. The van der Waals surface area contributed by atoms with E-state index < -0.39 is 0 Å². The number of hydrogen-bond acceptors (Lipinski definition) is 5. The van der Waals surface area contributed by atoms with Gasteiger partial charge in [-0.25, -0.2) is 9.37 Å². The van der Waals surface area contributed by atoms with E-state index >= 15 is 0 Å². The molecule has 2 N–H and O–H groups in total. The first-order valence-corrected chi connectivity index (χ1v) is 9.32. The zero-order valence-electron chi connectivity index (χ0n) is 13.0. The predicted molar refractivity (Wildman–Crippen MR) is 102 cm³/mol. The summed E-state index contributed by atoms with van der Waals surface area (Å²) in [5.41, 5.74) is 8.28. The zero-order valence-corrected chi connectivity index (χ0v) is 14.7. The first-order valence-electron chi connectivity index (χ1n) is 7.62. The van der Waals surface area contributed by atoms with E-state index in [0.29, 0.717) is 10.6 Å². The molecular formula is C19H13FN2OS2. The van der Waals surface area contributed by atoms with E-state index in [1.54, 1.807) is 23.5 Å². The van der Waals surface area contributed by atoms with Crippen LogP contribution in [0.15, 0.2) is 53.9 Å². The second-order valence-corrected chi connectivity index (χ2v) is 7.54. The molecule has 0 saturated heterocycles. The van der Waals surface area contributed by atoms with Crippen molar-refractivity contribution >= 4 is 44.4 Å². The lowest BCUT2D eigenvalue weighted by molar-refractivity contribution is 0.0997. The van der Waals surface area contributed by atoms with E-state index in [2.05, 4.69) is 4.98 Å². The highest BCUT2D eigenvalue weighted by Gasteiger charge is 2.18. The Morgan fingerprint density at radius 1 is 1.12 bits per heavy atom. The molecule has 3 heterocycles. The molecule has 0 atom stereocenters. The summed E-state index contributed by atoms with van der Waals surface area (Å²) in [5.74, 6) is -0.396. The second-order valence-electron chi connectivity index (χ2n) is 5.60. The fourth-order valence-corrected chi connectivity index (χ4v) is 4.36. The van der Waals surface area contributed by atoms with E-state index in [1.807, 2.05) is 29.6 Å². The smallest absolute Gasteiger partial charge is 0.179 e. The Kier molecular flexibility index (Phi) is 4.07. The van der Waals surface area contributed by atoms with Crippen molar-refractivity contribution < 1.29 is 9.18 Å². The second kappa shape index (κ2) is 6.38. The van der Waals surface area contributed by atoms with Gasteiger partial charge in [-0.3, -0.25) is 4.79 Å². The highest BCUT2D eigenvalue weighted by molar-refractivity contribution is 7.21. The molecule has 0 aliphatic rings. The number of carbonyl (C=O) groups is 1. The SMILES string of the molecule is Nc1c(C(=O)Cc2ccc(F)cc2)sc2nc(-c3cccs3)ccc12. The Bertz CT molecular complexity index is 1050. The minimum absolute atomic E-state index is 0.0789. The lowest BCUT2D eigenvalue weighted by Crippen LogP contribution is -2.04. The van der Waals surface area contributed by atoms with Crippen LogP contribution in [0.4, 0.5) is 10.1 Å². The molecule has 4 aromatic rings. The lowest BCUT2D eigenvalue weighted by atomic mass is 10.1. The number of benzene rings is 1. The minimum Gasteiger partial charge on any atom is -0.397 e. The average molecular weight is 368 g/mol. The molecule has 4 rings (SSSR count). The maximum absolute atomic E-state index is 13.0. The molecule has 0 bridgehead atoms. The van der Waals surface area contributed by atoms with Crippen LogP contribution in [0.25, 0.3) is 20.8 Å². The summed E-state index contributed by atoms with van der Waals surface area (Å²) in [6.45, 7) is 0. The third-order valence-electron chi connectivity index (χ3n) is 3.90. The summed E-state index contributed by atoms with van der Waals surface area (Å²) >= 11 is 2.93. The number of pyridine rings is 1. The summed E-state index contributed by atoms with van der Waals surface area (Å²) in [5, 5.41) is 2.80. The fraction of sp³-hybridized carbons (Fsp3) is 0.0526. The van der Waals surface area contributed by atoms with Crippen molar-refractivity contribution in [3.63, 3.8) is 0 Å². The maximum Gasteiger partial charge on any atom is 0.179 e. The van der Waals surface area contributed by atoms with Gasteiger partial charge in [0.15, 0.2) is 5.78 Å². The normalized spacial score (nSPS) is 11.1. The van der Waals surface area contributed by atoms with Crippen LogP contribution in [0.3, 0.4) is 0 Å². The summed E-state index contributed by atoms with van der Waals surface area (Å²) in [6, 6.07) is 13.8. The number of carbonyl (C=O) groups excluding carboxylic acids is 1. The van der Waals surface area contributed by atoms with Gasteiger partial charge >= 0.3 is 0 Å². The number of nitrogens with zero attached hydrogens (tertiary/aromatic N) is 1. The van der Waals surface area contributed by atoms with E-state index in [0.717, 1.165) is 26.4 Å². The zero-order chi connectivity index (χ0) is 17.4. The van der Waals surface area contributed by atoms with Gasteiger partial charge < -0.3 is 5.73 Å². The van der Waals surface area contributed by atoms with Gasteiger partial charge in [-0.05, 0) is 41.3 Å². The molecule has 0 spiro atoms. The standard InChI is InChI=1S/C19H13FN2OS2/c20-12-5-3-11(4-6-12)10-15(23)18-17(21)13-7-8-14(22-19(13)25-18)16-2-1-9-24-16/h1-9H,10,21H2. The molecule has 0 radical (unpaired) electrons. The van der Waals surface area contributed by atoms with Crippen LogP contribution in [0.2, 0.25) is 0 Å². The molecule has 3 nitrogen and oxygen atoms in total. The molecule has 124 valence electrons. The van der Waals surface area contributed by atoms with Gasteiger partial charge in [-0.2, -0.15) is 0 Å². The number of rotatable bonds is 4. The molecule has 0 saturated carbocycles. The molecule has 0 aliphatic heterocycles. The summed E-state index contributed by atoms with van der Waals surface area (Å²) in [4.78, 5) is 19.6. The maximum atomic E-state index is 13.0. The number of nitrogens with two attached hydrogens (primary N) is 1. The van der Waals surface area contributed by atoms with Gasteiger partial charge in [0.2, 0.25) is 0 Å². The van der Waals surface area contributed by atoms with Crippen LogP contribution >= 0.6 is 22.7 Å². The number of ketones is 1. The number of anilines is 1. The number of Topliss-reactive ketones (excluding diaryl/α,β-unsaturated/α-hetero) is 1. The number of thiophene rings is 2. The van der Waals surface area contributed by atoms with Crippen molar-refractivity contribution in [2.45, 2.75) is 6.42 Å². The van der Waals surface area contributed by atoms with E-state index in [9.17, 15) is 9.18 Å². The van der Waals surface area contributed by atoms with Crippen molar-refractivity contribution in [2.75, 3.05) is 5.73 Å². The van der Waals surface area contributed by atoms with Crippen molar-refractivity contribution in [3.05, 3.63) is 70.2 Å². The van der Waals surface area contributed by atoms with E-state index in [4.69, 9.17) is 5.73 Å². The Hall–Kier alpha value is -2.57. The largest absolute Gasteiger partial charge is 0.397 e. The van der Waals surface area contributed by atoms with Crippen molar-refractivity contribution in [1.29, 1.82) is 0 Å². The van der Waals surface area contributed by atoms with Crippen molar-refractivity contribution in [3.8, 4) is 10.6 Å². The van der Waals surface area contributed by atoms with Gasteiger partial charge in [-0.15, -0.1) is 22.7 Å². The molecule has 1 aromatic carbocycles. The molecule has 0 fully saturated rings. The topological polar surface area (TPSA) is 56.0 Å². The fourth-order valence-electron chi connectivity index (χ4n) is 2.63. The van der Waals surface area contributed by atoms with Crippen LogP contribution in [-0.4, -0.2) is 10.8 Å². The van der Waals surface area contributed by atoms with Gasteiger partial charge in [0.25, 0.3) is 0 Å². The Morgan fingerprint density at radius 3 is 2.64 bits per heavy atom. The molecule has 0 amide bonds.